The quantitative estimate of drug-likeness (QED) is 0.544. The van der Waals surface area contributed by atoms with Gasteiger partial charge in [-0.1, -0.05) is 12.2 Å². The van der Waals surface area contributed by atoms with Gasteiger partial charge in [0.1, 0.15) is 0 Å². The Kier molecular flexibility index (Phi) is 2.77. The van der Waals surface area contributed by atoms with E-state index < -0.39 is 0 Å². The van der Waals surface area contributed by atoms with E-state index >= 15 is 0 Å². The summed E-state index contributed by atoms with van der Waals surface area (Å²) in [5, 5.41) is 0. The molecule has 4 atom stereocenters. The average molecular weight is 248 g/mol. The predicted octanol–water partition coefficient (Wildman–Crippen LogP) is 0.745. The van der Waals surface area contributed by atoms with Crippen LogP contribution in [0.2, 0.25) is 0 Å². The van der Waals surface area contributed by atoms with Gasteiger partial charge in [-0.05, 0) is 45.3 Å². The molecule has 2 fully saturated rings. The lowest BCUT2D eigenvalue weighted by molar-refractivity contribution is -0.140. The highest BCUT2D eigenvalue weighted by atomic mass is 16.2. The van der Waals surface area contributed by atoms with Crippen LogP contribution in [0.15, 0.2) is 12.2 Å². The van der Waals surface area contributed by atoms with Crippen molar-refractivity contribution in [2.75, 3.05) is 27.2 Å². The second kappa shape index (κ2) is 4.19. The number of hydrogen-bond acceptors (Lipinski definition) is 3. The van der Waals surface area contributed by atoms with Crippen LogP contribution in [-0.2, 0) is 9.59 Å². The molecule has 3 aliphatic rings. The van der Waals surface area contributed by atoms with Crippen LogP contribution < -0.4 is 0 Å². The van der Waals surface area contributed by atoms with Gasteiger partial charge in [-0.15, -0.1) is 0 Å². The van der Waals surface area contributed by atoms with Gasteiger partial charge < -0.3 is 4.90 Å². The largest absolute Gasteiger partial charge is 0.309 e. The highest BCUT2D eigenvalue weighted by Crippen LogP contribution is 2.52. The van der Waals surface area contributed by atoms with Crippen LogP contribution in [0.25, 0.3) is 0 Å². The van der Waals surface area contributed by atoms with Crippen LogP contribution in [0.5, 0.6) is 0 Å². The van der Waals surface area contributed by atoms with E-state index in [1.54, 1.807) is 0 Å². The molecule has 0 unspecified atom stereocenters. The normalized spacial score (nSPS) is 37.2. The molecular formula is C14H20N2O2. The molecule has 0 aromatic carbocycles. The van der Waals surface area contributed by atoms with Crippen molar-refractivity contribution in [1.29, 1.82) is 0 Å². The molecule has 4 nitrogen and oxygen atoms in total. The molecule has 3 rings (SSSR count). The third-order valence-corrected chi connectivity index (χ3v) is 4.55. The number of likely N-dealkylation sites (tertiary alicyclic amines) is 1. The van der Waals surface area contributed by atoms with Gasteiger partial charge in [0.2, 0.25) is 11.8 Å². The molecule has 0 spiro atoms. The molecule has 4 heteroatoms. The van der Waals surface area contributed by atoms with Crippen molar-refractivity contribution >= 4 is 11.8 Å². The van der Waals surface area contributed by atoms with E-state index in [0.717, 1.165) is 19.4 Å². The van der Waals surface area contributed by atoms with Crippen LogP contribution >= 0.6 is 0 Å². The zero-order chi connectivity index (χ0) is 12.9. The fourth-order valence-electron chi connectivity index (χ4n) is 3.73. The lowest BCUT2D eigenvalue weighted by atomic mass is 9.85. The Morgan fingerprint density at radius 3 is 2.22 bits per heavy atom. The van der Waals surface area contributed by atoms with E-state index in [2.05, 4.69) is 17.1 Å². The molecule has 0 aromatic heterocycles. The number of allylic oxidation sites excluding steroid dienone is 2. The summed E-state index contributed by atoms with van der Waals surface area (Å²) in [5.74, 6) is 0.755. The van der Waals surface area contributed by atoms with Crippen LogP contribution in [-0.4, -0.2) is 48.8 Å². The fourth-order valence-corrected chi connectivity index (χ4v) is 3.73. The Morgan fingerprint density at radius 2 is 1.72 bits per heavy atom. The third-order valence-electron chi connectivity index (χ3n) is 4.55. The standard InChI is InChI=1S/C14H20N2O2/c1-15(2)6-3-7-16-13(17)11-9-4-5-10(8-9)12(11)14(16)18/h4-5,9-12H,3,6-8H2,1-2H3/t9-,10-,11-,12-/m0/s1. The maximum atomic E-state index is 12.3. The van der Waals surface area contributed by atoms with E-state index in [0.29, 0.717) is 18.4 Å². The fraction of sp³-hybridized carbons (Fsp3) is 0.714. The molecule has 1 saturated heterocycles. The minimum Gasteiger partial charge on any atom is -0.309 e. The SMILES string of the molecule is CN(C)CCCN1C(=O)[C@@H]2[C@@H](C1=O)[C@H]1C=C[C@H]2C1. The summed E-state index contributed by atoms with van der Waals surface area (Å²) >= 11 is 0. The van der Waals surface area contributed by atoms with Crippen molar-refractivity contribution in [1.82, 2.24) is 9.80 Å². The summed E-state index contributed by atoms with van der Waals surface area (Å²) < 4.78 is 0. The van der Waals surface area contributed by atoms with Gasteiger partial charge in [-0.25, -0.2) is 0 Å². The number of hydrogen-bond donors (Lipinski definition) is 0. The maximum Gasteiger partial charge on any atom is 0.233 e. The molecule has 1 aliphatic heterocycles. The number of fused-ring (bicyclic) bond motifs is 5. The summed E-state index contributed by atoms with van der Waals surface area (Å²) in [6, 6.07) is 0. The van der Waals surface area contributed by atoms with Gasteiger partial charge in [0.15, 0.2) is 0 Å². The van der Waals surface area contributed by atoms with Gasteiger partial charge in [-0.3, -0.25) is 14.5 Å². The molecule has 18 heavy (non-hydrogen) atoms. The molecule has 0 N–H and O–H groups in total. The van der Waals surface area contributed by atoms with Crippen molar-refractivity contribution in [3.8, 4) is 0 Å². The molecule has 2 aliphatic carbocycles. The van der Waals surface area contributed by atoms with E-state index in [9.17, 15) is 9.59 Å². The molecule has 0 radical (unpaired) electrons. The Balaban J connectivity index is 1.68. The smallest absolute Gasteiger partial charge is 0.233 e. The summed E-state index contributed by atoms with van der Waals surface area (Å²) in [5.41, 5.74) is 0. The topological polar surface area (TPSA) is 40.6 Å². The Morgan fingerprint density at radius 1 is 1.17 bits per heavy atom. The van der Waals surface area contributed by atoms with Crippen molar-refractivity contribution in [2.45, 2.75) is 12.8 Å². The molecule has 1 heterocycles. The van der Waals surface area contributed by atoms with E-state index in [1.807, 2.05) is 14.1 Å². The minimum atomic E-state index is -0.0353. The zero-order valence-electron chi connectivity index (χ0n) is 11.0. The second-order valence-electron chi connectivity index (χ2n) is 5.98. The monoisotopic (exact) mass is 248 g/mol. The molecule has 2 amide bonds. The first-order valence-electron chi connectivity index (χ1n) is 6.78. The summed E-state index contributed by atoms with van der Waals surface area (Å²) in [6.45, 7) is 1.50. The first kappa shape index (κ1) is 11.9. The van der Waals surface area contributed by atoms with Crippen LogP contribution in [0.3, 0.4) is 0 Å². The van der Waals surface area contributed by atoms with Gasteiger partial charge in [-0.2, -0.15) is 0 Å². The van der Waals surface area contributed by atoms with E-state index in [-0.39, 0.29) is 23.7 Å². The summed E-state index contributed by atoms with van der Waals surface area (Å²) in [6.07, 6.45) is 6.16. The van der Waals surface area contributed by atoms with Gasteiger partial charge in [0, 0.05) is 6.54 Å². The van der Waals surface area contributed by atoms with Crippen molar-refractivity contribution in [3.63, 3.8) is 0 Å². The van der Waals surface area contributed by atoms with Gasteiger partial charge in [0.05, 0.1) is 11.8 Å². The van der Waals surface area contributed by atoms with E-state index in [1.165, 1.54) is 4.90 Å². The van der Waals surface area contributed by atoms with Gasteiger partial charge in [0.25, 0.3) is 0 Å². The average Bonchev–Trinajstić information content (AvgIpc) is 2.97. The van der Waals surface area contributed by atoms with Crippen LogP contribution in [0.1, 0.15) is 12.8 Å². The number of nitrogens with zero attached hydrogens (tertiary/aromatic N) is 2. The number of rotatable bonds is 4. The van der Waals surface area contributed by atoms with Gasteiger partial charge >= 0.3 is 0 Å². The molecule has 98 valence electrons. The number of imide groups is 1. The zero-order valence-corrected chi connectivity index (χ0v) is 11.0. The lowest BCUT2D eigenvalue weighted by Crippen LogP contribution is -2.35. The summed E-state index contributed by atoms with van der Waals surface area (Å²) in [7, 11) is 4.01. The van der Waals surface area contributed by atoms with Crippen LogP contribution in [0, 0.1) is 23.7 Å². The lowest BCUT2D eigenvalue weighted by Gasteiger charge is -2.18. The Hall–Kier alpha value is -1.16. The Labute approximate surface area is 108 Å². The second-order valence-corrected chi connectivity index (χ2v) is 5.98. The molecule has 0 aromatic rings. The number of carbonyl (C=O) groups excluding carboxylic acids is 2. The van der Waals surface area contributed by atoms with Crippen LogP contribution in [0.4, 0.5) is 0 Å². The van der Waals surface area contributed by atoms with E-state index in [4.69, 9.17) is 0 Å². The molecule has 2 bridgehead atoms. The highest BCUT2D eigenvalue weighted by Gasteiger charge is 2.58. The minimum absolute atomic E-state index is 0.0353. The summed E-state index contributed by atoms with van der Waals surface area (Å²) in [4.78, 5) is 28.2. The Bertz CT molecular complexity index is 386. The third kappa shape index (κ3) is 1.62. The maximum absolute atomic E-state index is 12.3. The first-order valence-corrected chi connectivity index (χ1v) is 6.78. The first-order chi connectivity index (χ1) is 8.59. The highest BCUT2D eigenvalue weighted by molar-refractivity contribution is 6.06. The molecule has 1 saturated carbocycles. The number of amides is 2. The van der Waals surface area contributed by atoms with Crippen molar-refractivity contribution < 1.29 is 9.59 Å². The molecular weight excluding hydrogens is 228 g/mol. The number of carbonyl (C=O) groups is 2. The van der Waals surface area contributed by atoms with Crippen molar-refractivity contribution in [3.05, 3.63) is 12.2 Å². The predicted molar refractivity (Wildman–Crippen MR) is 67.6 cm³/mol. The van der Waals surface area contributed by atoms with Crippen molar-refractivity contribution in [2.24, 2.45) is 23.7 Å².